The highest BCUT2D eigenvalue weighted by Crippen LogP contribution is 2.44. The molecule has 1 aliphatic heterocycles. The Labute approximate surface area is 117 Å². The second-order valence-electron chi connectivity index (χ2n) is 5.23. The molecule has 4 nitrogen and oxygen atoms in total. The number of aryl methyl sites for hydroxylation is 1. The Hall–Kier alpha value is -1.01. The zero-order valence-electron chi connectivity index (χ0n) is 11.3. The van der Waals surface area contributed by atoms with Gasteiger partial charge >= 0.3 is 5.97 Å². The van der Waals surface area contributed by atoms with Gasteiger partial charge in [0.2, 0.25) is 0 Å². The fourth-order valence-corrected chi connectivity index (χ4v) is 6.11. The third-order valence-electron chi connectivity index (χ3n) is 2.95. The number of carbonyl (C=O) groups is 1. The number of carbonyl (C=O) groups excluding carboxylic acids is 1. The van der Waals surface area contributed by atoms with Gasteiger partial charge in [0.15, 0.2) is 9.84 Å². The highest BCUT2D eigenvalue weighted by molar-refractivity contribution is 8.04. The van der Waals surface area contributed by atoms with Crippen LogP contribution in [0.1, 0.15) is 29.8 Å². The summed E-state index contributed by atoms with van der Waals surface area (Å²) < 4.78 is 28.9. The van der Waals surface area contributed by atoms with Gasteiger partial charge in [0.1, 0.15) is 0 Å². The highest BCUT2D eigenvalue weighted by Gasteiger charge is 2.37. The molecule has 0 aliphatic carbocycles. The maximum Gasteiger partial charge on any atom is 0.338 e. The molecule has 0 atom stereocenters. The van der Waals surface area contributed by atoms with Crippen molar-refractivity contribution in [1.82, 2.24) is 0 Å². The van der Waals surface area contributed by atoms with E-state index in [1.165, 1.54) is 24.9 Å². The highest BCUT2D eigenvalue weighted by atomic mass is 32.2. The predicted octanol–water partition coefficient (Wildman–Crippen LogP) is 2.44. The molecule has 2 rings (SSSR count). The van der Waals surface area contributed by atoms with Crippen LogP contribution in [-0.4, -0.2) is 32.0 Å². The number of esters is 1. The summed E-state index contributed by atoms with van der Waals surface area (Å²) in [6, 6.07) is 3.19. The van der Waals surface area contributed by atoms with Gasteiger partial charge in [-0.15, -0.1) is 11.8 Å². The number of methoxy groups -OCH3 is 1. The van der Waals surface area contributed by atoms with E-state index in [0.717, 1.165) is 5.56 Å². The maximum absolute atomic E-state index is 12.3. The smallest absolute Gasteiger partial charge is 0.338 e. The standard InChI is InChI=1S/C13H16O4S2/c1-8-5-10-11(6-9(8)12(14)17-4)19(15,16)7-13(2,3)18-10/h5-6H,7H2,1-4H3. The fourth-order valence-electron chi connectivity index (χ4n) is 2.18. The summed E-state index contributed by atoms with van der Waals surface area (Å²) in [5.74, 6) is -0.438. The van der Waals surface area contributed by atoms with Gasteiger partial charge in [-0.05, 0) is 38.5 Å². The molecule has 0 saturated carbocycles. The monoisotopic (exact) mass is 300 g/mol. The minimum Gasteiger partial charge on any atom is -0.465 e. The first kappa shape index (κ1) is 14.4. The van der Waals surface area contributed by atoms with Gasteiger partial charge in [-0.3, -0.25) is 0 Å². The lowest BCUT2D eigenvalue weighted by Crippen LogP contribution is -2.31. The summed E-state index contributed by atoms with van der Waals surface area (Å²) in [4.78, 5) is 12.6. The van der Waals surface area contributed by atoms with E-state index < -0.39 is 15.8 Å². The van der Waals surface area contributed by atoms with E-state index in [0.29, 0.717) is 10.5 Å². The van der Waals surface area contributed by atoms with Crippen LogP contribution >= 0.6 is 11.8 Å². The minimum atomic E-state index is -3.36. The third kappa shape index (κ3) is 2.65. The maximum atomic E-state index is 12.3. The molecule has 1 heterocycles. The Morgan fingerprint density at radius 2 is 2.00 bits per heavy atom. The molecule has 0 spiro atoms. The molecule has 19 heavy (non-hydrogen) atoms. The molecule has 1 aromatic rings. The Morgan fingerprint density at radius 3 is 2.58 bits per heavy atom. The van der Waals surface area contributed by atoms with Crippen LogP contribution in [0.4, 0.5) is 0 Å². The van der Waals surface area contributed by atoms with Crippen LogP contribution in [0.2, 0.25) is 0 Å². The van der Waals surface area contributed by atoms with E-state index in [4.69, 9.17) is 0 Å². The minimum absolute atomic E-state index is 0.0708. The molecule has 0 unspecified atom stereocenters. The summed E-state index contributed by atoms with van der Waals surface area (Å²) in [7, 11) is -2.07. The van der Waals surface area contributed by atoms with Crippen molar-refractivity contribution in [3.05, 3.63) is 23.3 Å². The lowest BCUT2D eigenvalue weighted by atomic mass is 10.1. The Kier molecular flexibility index (Phi) is 3.43. The second kappa shape index (κ2) is 4.52. The Morgan fingerprint density at radius 1 is 1.37 bits per heavy atom. The van der Waals surface area contributed by atoms with Crippen molar-refractivity contribution in [3.8, 4) is 0 Å². The van der Waals surface area contributed by atoms with Crippen molar-refractivity contribution < 1.29 is 17.9 Å². The number of ether oxygens (including phenoxy) is 1. The van der Waals surface area contributed by atoms with Crippen LogP contribution in [-0.2, 0) is 14.6 Å². The fraction of sp³-hybridized carbons (Fsp3) is 0.462. The predicted molar refractivity (Wildman–Crippen MR) is 74.5 cm³/mol. The van der Waals surface area contributed by atoms with Gasteiger partial charge in [0.25, 0.3) is 0 Å². The first-order chi connectivity index (χ1) is 8.66. The van der Waals surface area contributed by atoms with Gasteiger partial charge in [-0.25, -0.2) is 13.2 Å². The van der Waals surface area contributed by atoms with Crippen molar-refractivity contribution in [2.45, 2.75) is 35.3 Å². The summed E-state index contributed by atoms with van der Waals surface area (Å²) in [5, 5.41) is 0. The first-order valence-corrected chi connectivity index (χ1v) is 8.28. The molecule has 1 aromatic carbocycles. The molecule has 0 fully saturated rings. The Bertz CT molecular complexity index is 645. The van der Waals surface area contributed by atoms with E-state index in [1.54, 1.807) is 13.0 Å². The molecule has 0 aromatic heterocycles. The van der Waals surface area contributed by atoms with Crippen LogP contribution in [0.5, 0.6) is 0 Å². The van der Waals surface area contributed by atoms with Crippen LogP contribution in [0.15, 0.2) is 21.9 Å². The second-order valence-corrected chi connectivity index (χ2v) is 8.93. The van der Waals surface area contributed by atoms with Gasteiger partial charge in [-0.1, -0.05) is 0 Å². The Balaban J connectivity index is 2.67. The molecule has 0 radical (unpaired) electrons. The zero-order valence-corrected chi connectivity index (χ0v) is 12.9. The van der Waals surface area contributed by atoms with Crippen LogP contribution in [0, 0.1) is 6.92 Å². The number of hydrogen-bond acceptors (Lipinski definition) is 5. The number of rotatable bonds is 1. The lowest BCUT2D eigenvalue weighted by molar-refractivity contribution is 0.0599. The van der Waals surface area contributed by atoms with Gasteiger partial charge in [0, 0.05) is 9.64 Å². The average molecular weight is 300 g/mol. The van der Waals surface area contributed by atoms with Gasteiger partial charge in [0.05, 0.1) is 23.3 Å². The number of benzene rings is 1. The van der Waals surface area contributed by atoms with Gasteiger partial charge in [-0.2, -0.15) is 0 Å². The first-order valence-electron chi connectivity index (χ1n) is 5.81. The van der Waals surface area contributed by atoms with E-state index in [1.807, 2.05) is 13.8 Å². The van der Waals surface area contributed by atoms with Crippen molar-refractivity contribution in [2.75, 3.05) is 12.9 Å². The molecular formula is C13H16O4S2. The topological polar surface area (TPSA) is 60.4 Å². The average Bonchev–Trinajstić information content (AvgIpc) is 2.24. The normalized spacial score (nSPS) is 19.6. The summed E-state index contributed by atoms with van der Waals surface area (Å²) in [6.07, 6.45) is 0. The lowest BCUT2D eigenvalue weighted by Gasteiger charge is -2.30. The molecule has 0 bridgehead atoms. The van der Waals surface area contributed by atoms with Gasteiger partial charge < -0.3 is 4.74 Å². The number of fused-ring (bicyclic) bond motifs is 1. The molecule has 0 N–H and O–H groups in total. The molecule has 6 heteroatoms. The van der Waals surface area contributed by atoms with E-state index in [-0.39, 0.29) is 15.4 Å². The number of thioether (sulfide) groups is 1. The van der Waals surface area contributed by atoms with Crippen LogP contribution < -0.4 is 0 Å². The largest absolute Gasteiger partial charge is 0.465 e. The van der Waals surface area contributed by atoms with Crippen molar-refractivity contribution in [3.63, 3.8) is 0 Å². The van der Waals surface area contributed by atoms with E-state index in [9.17, 15) is 13.2 Å². The van der Waals surface area contributed by atoms with Crippen molar-refractivity contribution in [1.29, 1.82) is 0 Å². The summed E-state index contributed by atoms with van der Waals surface area (Å²) in [6.45, 7) is 5.59. The van der Waals surface area contributed by atoms with Crippen LogP contribution in [0.3, 0.4) is 0 Å². The summed E-state index contributed by atoms with van der Waals surface area (Å²) in [5.41, 5.74) is 1.04. The summed E-state index contributed by atoms with van der Waals surface area (Å²) >= 11 is 1.53. The number of sulfone groups is 1. The van der Waals surface area contributed by atoms with E-state index >= 15 is 0 Å². The van der Waals surface area contributed by atoms with Crippen molar-refractivity contribution >= 4 is 27.6 Å². The zero-order chi connectivity index (χ0) is 14.4. The molecule has 104 valence electrons. The molecular weight excluding hydrogens is 284 g/mol. The molecule has 0 amide bonds. The number of hydrogen-bond donors (Lipinski definition) is 0. The molecule has 1 aliphatic rings. The third-order valence-corrected chi connectivity index (χ3v) is 6.63. The van der Waals surface area contributed by atoms with Crippen molar-refractivity contribution in [2.24, 2.45) is 0 Å². The van der Waals surface area contributed by atoms with Crippen LogP contribution in [0.25, 0.3) is 0 Å². The SMILES string of the molecule is COC(=O)c1cc2c(cc1C)SC(C)(C)CS2(=O)=O. The van der Waals surface area contributed by atoms with E-state index in [2.05, 4.69) is 4.74 Å². The molecule has 0 saturated heterocycles. The quantitative estimate of drug-likeness (QED) is 0.746.